The quantitative estimate of drug-likeness (QED) is 0.891. The highest BCUT2D eigenvalue weighted by molar-refractivity contribution is 6.31. The van der Waals surface area contributed by atoms with Crippen LogP contribution in [0.1, 0.15) is 23.6 Å². The number of hydrogen-bond donors (Lipinski definition) is 2. The molecule has 2 aliphatic heterocycles. The summed E-state index contributed by atoms with van der Waals surface area (Å²) in [5, 5.41) is 0.728. The lowest BCUT2D eigenvalue weighted by Gasteiger charge is -2.21. The molecular formula is C18H18ClN3O. The van der Waals surface area contributed by atoms with Crippen LogP contribution in [0.3, 0.4) is 0 Å². The highest BCUT2D eigenvalue weighted by Gasteiger charge is 2.35. The zero-order chi connectivity index (χ0) is 15.8. The van der Waals surface area contributed by atoms with E-state index in [1.165, 1.54) is 5.56 Å². The van der Waals surface area contributed by atoms with Crippen molar-refractivity contribution in [3.8, 4) is 0 Å². The Kier molecular flexibility index (Phi) is 3.81. The van der Waals surface area contributed by atoms with E-state index < -0.39 is 0 Å². The number of benzene rings is 2. The minimum atomic E-state index is -0.234. The van der Waals surface area contributed by atoms with Crippen LogP contribution in [0.15, 0.2) is 48.5 Å². The standard InChI is InChI=1S/C18H18ClN3O/c19-14-7-3-2-6-13(14)15-11-16(21-20-15)18(23)22-10-9-12-5-1-4-8-17(12)22/h1-8,15-16,20-21H,9-11H2. The van der Waals surface area contributed by atoms with Crippen LogP contribution < -0.4 is 15.8 Å². The van der Waals surface area contributed by atoms with Gasteiger partial charge in [-0.3, -0.25) is 4.79 Å². The van der Waals surface area contributed by atoms with Gasteiger partial charge in [0.25, 0.3) is 0 Å². The van der Waals surface area contributed by atoms with Gasteiger partial charge in [0.1, 0.15) is 6.04 Å². The normalized spacial score (nSPS) is 23.1. The highest BCUT2D eigenvalue weighted by Crippen LogP contribution is 2.32. The lowest BCUT2D eigenvalue weighted by atomic mass is 10.0. The Morgan fingerprint density at radius 2 is 1.87 bits per heavy atom. The number of hydrogen-bond acceptors (Lipinski definition) is 3. The van der Waals surface area contributed by atoms with Gasteiger partial charge in [0, 0.05) is 23.3 Å². The minimum Gasteiger partial charge on any atom is -0.310 e. The van der Waals surface area contributed by atoms with E-state index in [9.17, 15) is 4.79 Å². The van der Waals surface area contributed by atoms with Gasteiger partial charge in [0.2, 0.25) is 5.91 Å². The van der Waals surface area contributed by atoms with E-state index in [2.05, 4.69) is 16.9 Å². The third kappa shape index (κ3) is 2.63. The summed E-state index contributed by atoms with van der Waals surface area (Å²) < 4.78 is 0. The third-order valence-electron chi connectivity index (χ3n) is 4.64. The van der Waals surface area contributed by atoms with E-state index in [0.29, 0.717) is 6.42 Å². The van der Waals surface area contributed by atoms with Crippen LogP contribution in [0.4, 0.5) is 5.69 Å². The molecule has 2 heterocycles. The fraction of sp³-hybridized carbons (Fsp3) is 0.278. The van der Waals surface area contributed by atoms with Crippen LogP contribution in [0.5, 0.6) is 0 Å². The maximum absolute atomic E-state index is 12.9. The lowest BCUT2D eigenvalue weighted by molar-refractivity contribution is -0.120. The number of nitrogens with zero attached hydrogens (tertiary/aromatic N) is 1. The first-order valence-electron chi connectivity index (χ1n) is 7.89. The predicted molar refractivity (Wildman–Crippen MR) is 91.4 cm³/mol. The van der Waals surface area contributed by atoms with Gasteiger partial charge in [0.05, 0.1) is 0 Å². The van der Waals surface area contributed by atoms with E-state index in [0.717, 1.165) is 29.2 Å². The molecule has 0 aliphatic carbocycles. The maximum atomic E-state index is 12.9. The molecule has 2 atom stereocenters. The van der Waals surface area contributed by atoms with E-state index in [1.807, 2.05) is 47.4 Å². The van der Waals surface area contributed by atoms with Crippen molar-refractivity contribution in [2.75, 3.05) is 11.4 Å². The van der Waals surface area contributed by atoms with Crippen molar-refractivity contribution in [2.45, 2.75) is 24.9 Å². The van der Waals surface area contributed by atoms with Gasteiger partial charge in [0.15, 0.2) is 0 Å². The average molecular weight is 328 g/mol. The van der Waals surface area contributed by atoms with Crippen molar-refractivity contribution in [3.63, 3.8) is 0 Å². The van der Waals surface area contributed by atoms with Crippen molar-refractivity contribution in [3.05, 3.63) is 64.7 Å². The molecule has 0 spiro atoms. The van der Waals surface area contributed by atoms with E-state index >= 15 is 0 Å². The predicted octanol–water partition coefficient (Wildman–Crippen LogP) is 2.84. The largest absolute Gasteiger partial charge is 0.310 e. The fourth-order valence-electron chi connectivity index (χ4n) is 3.43. The second kappa shape index (κ2) is 5.96. The number of para-hydroxylation sites is 1. The zero-order valence-corrected chi connectivity index (χ0v) is 13.4. The number of carbonyl (C=O) groups excluding carboxylic acids is 1. The Morgan fingerprint density at radius 3 is 2.74 bits per heavy atom. The molecule has 0 aromatic heterocycles. The number of amides is 1. The number of anilines is 1. The van der Waals surface area contributed by atoms with Crippen molar-refractivity contribution in [1.29, 1.82) is 0 Å². The third-order valence-corrected chi connectivity index (χ3v) is 4.98. The Morgan fingerprint density at radius 1 is 1.09 bits per heavy atom. The molecule has 118 valence electrons. The lowest BCUT2D eigenvalue weighted by Crippen LogP contribution is -2.45. The molecule has 1 amide bonds. The second-order valence-corrected chi connectivity index (χ2v) is 6.43. The maximum Gasteiger partial charge on any atom is 0.245 e. The first-order chi connectivity index (χ1) is 11.2. The summed E-state index contributed by atoms with van der Waals surface area (Å²) >= 11 is 6.26. The van der Waals surface area contributed by atoms with Crippen molar-refractivity contribution in [1.82, 2.24) is 10.9 Å². The van der Waals surface area contributed by atoms with Crippen LogP contribution in [0.25, 0.3) is 0 Å². The monoisotopic (exact) mass is 327 g/mol. The topological polar surface area (TPSA) is 44.4 Å². The molecule has 0 radical (unpaired) electrons. The summed E-state index contributed by atoms with van der Waals surface area (Å²) in [6.45, 7) is 0.757. The van der Waals surface area contributed by atoms with Crippen molar-refractivity contribution >= 4 is 23.2 Å². The summed E-state index contributed by atoms with van der Waals surface area (Å²) in [5.74, 6) is 0.122. The zero-order valence-electron chi connectivity index (χ0n) is 12.6. The number of halogens is 1. The molecule has 2 N–H and O–H groups in total. The highest BCUT2D eigenvalue weighted by atomic mass is 35.5. The van der Waals surface area contributed by atoms with Crippen LogP contribution in [0, 0.1) is 0 Å². The van der Waals surface area contributed by atoms with Crippen molar-refractivity contribution < 1.29 is 4.79 Å². The molecule has 5 heteroatoms. The Labute approximate surface area is 140 Å². The molecule has 2 aliphatic rings. The summed E-state index contributed by atoms with van der Waals surface area (Å²) in [4.78, 5) is 14.8. The molecule has 4 nitrogen and oxygen atoms in total. The summed E-state index contributed by atoms with van der Waals surface area (Å²) in [7, 11) is 0. The molecule has 2 unspecified atom stereocenters. The summed E-state index contributed by atoms with van der Waals surface area (Å²) in [5.41, 5.74) is 9.66. The number of rotatable bonds is 2. The Balaban J connectivity index is 1.50. The molecular weight excluding hydrogens is 310 g/mol. The van der Waals surface area contributed by atoms with Gasteiger partial charge in [-0.1, -0.05) is 48.0 Å². The van der Waals surface area contributed by atoms with Crippen LogP contribution in [-0.4, -0.2) is 18.5 Å². The molecule has 2 aromatic carbocycles. The average Bonchev–Trinajstić information content (AvgIpc) is 3.22. The molecule has 0 bridgehead atoms. The Bertz CT molecular complexity index is 749. The van der Waals surface area contributed by atoms with Gasteiger partial charge in [-0.2, -0.15) is 0 Å². The van der Waals surface area contributed by atoms with E-state index in [1.54, 1.807) is 0 Å². The first kappa shape index (κ1) is 14.7. The molecule has 4 rings (SSSR count). The van der Waals surface area contributed by atoms with Gasteiger partial charge >= 0.3 is 0 Å². The van der Waals surface area contributed by atoms with Crippen LogP contribution >= 0.6 is 11.6 Å². The van der Waals surface area contributed by atoms with Gasteiger partial charge in [-0.25, -0.2) is 10.9 Å². The van der Waals surface area contributed by atoms with Crippen molar-refractivity contribution in [2.24, 2.45) is 0 Å². The second-order valence-electron chi connectivity index (χ2n) is 6.02. The number of fused-ring (bicyclic) bond motifs is 1. The number of carbonyl (C=O) groups is 1. The van der Waals surface area contributed by atoms with Gasteiger partial charge in [-0.15, -0.1) is 0 Å². The summed E-state index contributed by atoms with van der Waals surface area (Å²) in [6.07, 6.45) is 1.62. The molecule has 1 saturated heterocycles. The van der Waals surface area contributed by atoms with Gasteiger partial charge in [-0.05, 0) is 36.1 Å². The van der Waals surface area contributed by atoms with E-state index in [-0.39, 0.29) is 18.0 Å². The first-order valence-corrected chi connectivity index (χ1v) is 8.26. The van der Waals surface area contributed by atoms with Crippen LogP contribution in [0.2, 0.25) is 5.02 Å². The minimum absolute atomic E-state index is 0.0514. The van der Waals surface area contributed by atoms with Gasteiger partial charge < -0.3 is 4.90 Å². The number of nitrogens with one attached hydrogen (secondary N) is 2. The van der Waals surface area contributed by atoms with E-state index in [4.69, 9.17) is 11.6 Å². The molecule has 1 fully saturated rings. The summed E-state index contributed by atoms with van der Waals surface area (Å²) in [6, 6.07) is 15.7. The smallest absolute Gasteiger partial charge is 0.245 e. The fourth-order valence-corrected chi connectivity index (χ4v) is 3.70. The van der Waals surface area contributed by atoms with Crippen LogP contribution in [-0.2, 0) is 11.2 Å². The molecule has 0 saturated carbocycles. The molecule has 23 heavy (non-hydrogen) atoms. The molecule has 2 aromatic rings. The SMILES string of the molecule is O=C(C1CC(c2ccccc2Cl)NN1)N1CCc2ccccc21. The number of hydrazine groups is 1. The Hall–Kier alpha value is -1.88.